The normalized spacial score (nSPS) is 21.9. The van der Waals surface area contributed by atoms with Crippen LogP contribution in [-0.4, -0.2) is 5.91 Å². The van der Waals surface area contributed by atoms with Crippen LogP contribution >= 0.6 is 0 Å². The van der Waals surface area contributed by atoms with Crippen molar-refractivity contribution in [3.8, 4) is 0 Å². The number of rotatable bonds is 2. The van der Waals surface area contributed by atoms with Crippen molar-refractivity contribution in [3.63, 3.8) is 0 Å². The molecule has 19 heavy (non-hydrogen) atoms. The zero-order chi connectivity index (χ0) is 14.0. The van der Waals surface area contributed by atoms with Crippen molar-refractivity contribution in [3.05, 3.63) is 24.0 Å². The first-order valence-corrected chi connectivity index (χ1v) is 6.76. The van der Waals surface area contributed by atoms with Crippen molar-refractivity contribution >= 4 is 17.3 Å². The van der Waals surface area contributed by atoms with Crippen LogP contribution in [-0.2, 0) is 4.79 Å². The molecular weight excluding hydrogens is 243 g/mol. The number of amides is 1. The highest BCUT2D eigenvalue weighted by Crippen LogP contribution is 2.41. The molecule has 0 bridgehead atoms. The Kier molecular flexibility index (Phi) is 3.78. The summed E-state index contributed by atoms with van der Waals surface area (Å²) in [7, 11) is 0. The topological polar surface area (TPSA) is 55.1 Å². The molecule has 3 nitrogen and oxygen atoms in total. The molecule has 0 saturated heterocycles. The average molecular weight is 264 g/mol. The van der Waals surface area contributed by atoms with E-state index in [2.05, 4.69) is 19.2 Å². The average Bonchev–Trinajstić information content (AvgIpc) is 2.33. The number of nitrogen functional groups attached to an aromatic ring is 1. The Bertz CT molecular complexity index is 485. The second kappa shape index (κ2) is 5.19. The molecule has 0 radical (unpaired) electrons. The smallest absolute Gasteiger partial charge is 0.228 e. The molecule has 1 amide bonds. The molecule has 0 heterocycles. The molecule has 1 atom stereocenters. The van der Waals surface area contributed by atoms with Gasteiger partial charge >= 0.3 is 0 Å². The lowest BCUT2D eigenvalue weighted by Crippen LogP contribution is -2.37. The number of nitrogens with one attached hydrogen (secondary N) is 1. The maximum Gasteiger partial charge on any atom is 0.228 e. The fourth-order valence-electron chi connectivity index (χ4n) is 2.83. The Hall–Kier alpha value is -1.58. The quantitative estimate of drug-likeness (QED) is 0.802. The summed E-state index contributed by atoms with van der Waals surface area (Å²) >= 11 is 0. The van der Waals surface area contributed by atoms with Crippen molar-refractivity contribution < 1.29 is 9.18 Å². The lowest BCUT2D eigenvalue weighted by Gasteiger charge is -2.37. The molecule has 1 aromatic carbocycles. The third-order valence-corrected chi connectivity index (χ3v) is 4.09. The molecule has 1 aliphatic rings. The molecule has 1 aromatic rings. The van der Waals surface area contributed by atoms with E-state index in [9.17, 15) is 9.18 Å². The van der Waals surface area contributed by atoms with Gasteiger partial charge in [0.1, 0.15) is 5.82 Å². The third-order valence-electron chi connectivity index (χ3n) is 4.09. The summed E-state index contributed by atoms with van der Waals surface area (Å²) in [5.74, 6) is -0.445. The Balaban J connectivity index is 2.09. The molecule has 1 saturated carbocycles. The van der Waals surface area contributed by atoms with E-state index in [1.54, 1.807) is 6.07 Å². The Morgan fingerprint density at radius 1 is 1.42 bits per heavy atom. The molecule has 1 fully saturated rings. The first kappa shape index (κ1) is 13.8. The first-order chi connectivity index (χ1) is 8.90. The van der Waals surface area contributed by atoms with E-state index in [-0.39, 0.29) is 22.9 Å². The van der Waals surface area contributed by atoms with Crippen molar-refractivity contribution in [2.24, 2.45) is 11.3 Å². The monoisotopic (exact) mass is 264 g/mol. The Morgan fingerprint density at radius 3 is 2.79 bits per heavy atom. The molecule has 0 aromatic heterocycles. The SMILES string of the molecule is CC1(C)CCCCC1C(=O)Nc1ccc(F)c(N)c1. The lowest BCUT2D eigenvalue weighted by atomic mass is 9.68. The summed E-state index contributed by atoms with van der Waals surface area (Å²) < 4.78 is 13.1. The highest BCUT2D eigenvalue weighted by molar-refractivity contribution is 5.93. The number of halogens is 1. The van der Waals surface area contributed by atoms with E-state index < -0.39 is 5.82 Å². The van der Waals surface area contributed by atoms with E-state index in [1.165, 1.54) is 18.6 Å². The largest absolute Gasteiger partial charge is 0.396 e. The summed E-state index contributed by atoms with van der Waals surface area (Å²) in [4.78, 5) is 12.3. The van der Waals surface area contributed by atoms with Gasteiger partial charge in [-0.15, -0.1) is 0 Å². The van der Waals surface area contributed by atoms with Crippen LogP contribution in [0.4, 0.5) is 15.8 Å². The summed E-state index contributed by atoms with van der Waals surface area (Å²) in [5, 5.41) is 2.85. The van der Waals surface area contributed by atoms with Crippen LogP contribution in [0.5, 0.6) is 0 Å². The van der Waals surface area contributed by atoms with Crippen LogP contribution in [0, 0.1) is 17.2 Å². The number of hydrogen-bond donors (Lipinski definition) is 2. The molecule has 2 rings (SSSR count). The Morgan fingerprint density at radius 2 is 2.16 bits per heavy atom. The van der Waals surface area contributed by atoms with Gasteiger partial charge in [-0.2, -0.15) is 0 Å². The second-order valence-electron chi connectivity index (χ2n) is 6.01. The lowest BCUT2D eigenvalue weighted by molar-refractivity contribution is -0.124. The number of benzene rings is 1. The van der Waals surface area contributed by atoms with Gasteiger partial charge in [0.25, 0.3) is 0 Å². The number of nitrogens with two attached hydrogens (primary N) is 1. The molecule has 0 aliphatic heterocycles. The molecule has 0 spiro atoms. The van der Waals surface area contributed by atoms with Crippen molar-refractivity contribution in [2.45, 2.75) is 39.5 Å². The number of carbonyl (C=O) groups excluding carboxylic acids is 1. The van der Waals surface area contributed by atoms with Gasteiger partial charge in [-0.3, -0.25) is 4.79 Å². The maximum atomic E-state index is 13.1. The van der Waals surface area contributed by atoms with Crippen LogP contribution < -0.4 is 11.1 Å². The van der Waals surface area contributed by atoms with Gasteiger partial charge in [0, 0.05) is 11.6 Å². The van der Waals surface area contributed by atoms with Crippen LogP contribution in [0.25, 0.3) is 0 Å². The highest BCUT2D eigenvalue weighted by atomic mass is 19.1. The highest BCUT2D eigenvalue weighted by Gasteiger charge is 2.37. The van der Waals surface area contributed by atoms with Gasteiger partial charge < -0.3 is 11.1 Å². The van der Waals surface area contributed by atoms with E-state index in [4.69, 9.17) is 5.73 Å². The minimum atomic E-state index is -0.462. The molecule has 1 aliphatic carbocycles. The van der Waals surface area contributed by atoms with Gasteiger partial charge in [0.15, 0.2) is 0 Å². The zero-order valence-corrected chi connectivity index (χ0v) is 11.5. The van der Waals surface area contributed by atoms with Gasteiger partial charge in [0.05, 0.1) is 5.69 Å². The first-order valence-electron chi connectivity index (χ1n) is 6.76. The van der Waals surface area contributed by atoms with Crippen LogP contribution in [0.2, 0.25) is 0 Å². The predicted octanol–water partition coefficient (Wildman–Crippen LogP) is 3.56. The van der Waals surface area contributed by atoms with E-state index in [0.29, 0.717) is 5.69 Å². The standard InChI is InChI=1S/C15H21FN2O/c1-15(2)8-4-3-5-11(15)14(19)18-10-6-7-12(16)13(17)9-10/h6-7,9,11H,3-5,8,17H2,1-2H3,(H,18,19). The van der Waals surface area contributed by atoms with E-state index >= 15 is 0 Å². The predicted molar refractivity (Wildman–Crippen MR) is 75.2 cm³/mol. The fraction of sp³-hybridized carbons (Fsp3) is 0.533. The van der Waals surface area contributed by atoms with Crippen molar-refractivity contribution in [1.82, 2.24) is 0 Å². The minimum Gasteiger partial charge on any atom is -0.396 e. The molecular formula is C15H21FN2O. The van der Waals surface area contributed by atoms with E-state index in [1.807, 2.05) is 0 Å². The van der Waals surface area contributed by atoms with Crippen LogP contribution in [0.15, 0.2) is 18.2 Å². The van der Waals surface area contributed by atoms with E-state index in [0.717, 1.165) is 19.3 Å². The molecule has 4 heteroatoms. The summed E-state index contributed by atoms with van der Waals surface area (Å²) in [5.41, 5.74) is 6.14. The van der Waals surface area contributed by atoms with Crippen molar-refractivity contribution in [1.29, 1.82) is 0 Å². The number of carbonyl (C=O) groups is 1. The minimum absolute atomic E-state index is 0.00697. The fourth-order valence-corrected chi connectivity index (χ4v) is 2.83. The maximum absolute atomic E-state index is 13.1. The molecule has 1 unspecified atom stereocenters. The molecule has 104 valence electrons. The third kappa shape index (κ3) is 3.06. The van der Waals surface area contributed by atoms with Crippen LogP contribution in [0.3, 0.4) is 0 Å². The summed E-state index contributed by atoms with van der Waals surface area (Å²) in [6.07, 6.45) is 4.25. The number of anilines is 2. The Labute approximate surface area is 113 Å². The van der Waals surface area contributed by atoms with Crippen molar-refractivity contribution in [2.75, 3.05) is 11.1 Å². The number of hydrogen-bond acceptors (Lipinski definition) is 2. The summed E-state index contributed by atoms with van der Waals surface area (Å²) in [6.45, 7) is 4.27. The van der Waals surface area contributed by atoms with Gasteiger partial charge in [-0.1, -0.05) is 26.7 Å². The van der Waals surface area contributed by atoms with Gasteiger partial charge in [-0.25, -0.2) is 4.39 Å². The van der Waals surface area contributed by atoms with Gasteiger partial charge in [-0.05, 0) is 36.5 Å². The zero-order valence-electron chi connectivity index (χ0n) is 11.5. The second-order valence-corrected chi connectivity index (χ2v) is 6.01. The van der Waals surface area contributed by atoms with Gasteiger partial charge in [0.2, 0.25) is 5.91 Å². The molecule has 3 N–H and O–H groups in total. The summed E-state index contributed by atoms with van der Waals surface area (Å²) in [6, 6.07) is 4.28. The van der Waals surface area contributed by atoms with Crippen LogP contribution in [0.1, 0.15) is 39.5 Å².